The van der Waals surface area contributed by atoms with Gasteiger partial charge in [0.05, 0.1) is 6.21 Å². The number of benzene rings is 1. The molecule has 0 saturated carbocycles. The van der Waals surface area contributed by atoms with E-state index in [2.05, 4.69) is 25.5 Å². The Morgan fingerprint density at radius 3 is 2.72 bits per heavy atom. The van der Waals surface area contributed by atoms with Crippen molar-refractivity contribution in [1.29, 1.82) is 0 Å². The molecule has 0 unspecified atom stereocenters. The zero-order valence-electron chi connectivity index (χ0n) is 9.00. The summed E-state index contributed by atoms with van der Waals surface area (Å²) in [7, 11) is 0. The second-order valence-electron chi connectivity index (χ2n) is 3.25. The first kappa shape index (κ1) is 12.1. The van der Waals surface area contributed by atoms with Gasteiger partial charge in [-0.3, -0.25) is 4.79 Å². The van der Waals surface area contributed by atoms with E-state index >= 15 is 0 Å². The van der Waals surface area contributed by atoms with Crippen molar-refractivity contribution in [3.8, 4) is 0 Å². The fourth-order valence-corrected chi connectivity index (χ4v) is 1.25. The SMILES string of the molecule is Nc1nonc1C(=O)N/N=C\c1ccc(Cl)cc1. The van der Waals surface area contributed by atoms with Crippen molar-refractivity contribution in [2.24, 2.45) is 5.10 Å². The van der Waals surface area contributed by atoms with E-state index < -0.39 is 5.91 Å². The molecule has 2 aromatic rings. The number of hydrogen-bond acceptors (Lipinski definition) is 6. The molecule has 3 N–H and O–H groups in total. The molecule has 1 aromatic heterocycles. The fourth-order valence-electron chi connectivity index (χ4n) is 1.12. The van der Waals surface area contributed by atoms with Crippen LogP contribution in [0.1, 0.15) is 16.1 Å². The van der Waals surface area contributed by atoms with Crippen LogP contribution in [0.25, 0.3) is 0 Å². The van der Waals surface area contributed by atoms with Gasteiger partial charge in [0.15, 0.2) is 0 Å². The topological polar surface area (TPSA) is 106 Å². The zero-order valence-corrected chi connectivity index (χ0v) is 9.76. The lowest BCUT2D eigenvalue weighted by molar-refractivity contribution is 0.0946. The van der Waals surface area contributed by atoms with Crippen LogP contribution >= 0.6 is 11.6 Å². The molecule has 1 amide bonds. The molecule has 92 valence electrons. The minimum Gasteiger partial charge on any atom is -0.379 e. The molecule has 1 heterocycles. The Bertz CT molecular complexity index is 578. The number of carbonyl (C=O) groups excluding carboxylic acids is 1. The van der Waals surface area contributed by atoms with Crippen molar-refractivity contribution in [2.75, 3.05) is 5.73 Å². The summed E-state index contributed by atoms with van der Waals surface area (Å²) in [6, 6.07) is 6.93. The molecule has 0 aliphatic heterocycles. The standard InChI is InChI=1S/C10H8ClN5O2/c11-7-3-1-6(2-4-7)5-13-14-10(17)8-9(12)16-18-15-8/h1-5H,(H2,12,16)(H,14,17)/b13-5-. The number of nitrogens with one attached hydrogen (secondary N) is 1. The summed E-state index contributed by atoms with van der Waals surface area (Å²) in [5.41, 5.74) is 8.27. The van der Waals surface area contributed by atoms with Gasteiger partial charge in [-0.05, 0) is 28.0 Å². The number of rotatable bonds is 3. The lowest BCUT2D eigenvalue weighted by atomic mass is 10.2. The van der Waals surface area contributed by atoms with Crippen molar-refractivity contribution in [3.05, 3.63) is 40.5 Å². The molecule has 2 rings (SSSR count). The molecule has 0 atom stereocenters. The number of carbonyl (C=O) groups is 1. The van der Waals surface area contributed by atoms with Gasteiger partial charge < -0.3 is 5.73 Å². The number of aromatic nitrogens is 2. The van der Waals surface area contributed by atoms with Crippen LogP contribution in [-0.2, 0) is 0 Å². The molecule has 0 fully saturated rings. The molecule has 0 bridgehead atoms. The first-order chi connectivity index (χ1) is 8.66. The van der Waals surface area contributed by atoms with Crippen molar-refractivity contribution in [1.82, 2.24) is 15.7 Å². The third-order valence-electron chi connectivity index (χ3n) is 1.98. The van der Waals surface area contributed by atoms with Gasteiger partial charge in [-0.15, -0.1) is 0 Å². The summed E-state index contributed by atoms with van der Waals surface area (Å²) < 4.78 is 4.29. The maximum absolute atomic E-state index is 11.5. The quantitative estimate of drug-likeness (QED) is 0.638. The summed E-state index contributed by atoms with van der Waals surface area (Å²) in [6.07, 6.45) is 1.46. The predicted octanol–water partition coefficient (Wildman–Crippen LogP) is 1.07. The first-order valence-corrected chi connectivity index (χ1v) is 5.21. The number of hydrogen-bond donors (Lipinski definition) is 2. The Hall–Kier alpha value is -2.41. The Morgan fingerprint density at radius 1 is 1.39 bits per heavy atom. The fraction of sp³-hybridized carbons (Fsp3) is 0. The van der Waals surface area contributed by atoms with Crippen molar-refractivity contribution < 1.29 is 9.42 Å². The van der Waals surface area contributed by atoms with Crippen LogP contribution in [0, 0.1) is 0 Å². The summed E-state index contributed by atoms with van der Waals surface area (Å²) in [5.74, 6) is -0.687. The molecule has 0 saturated heterocycles. The Labute approximate surface area is 107 Å². The monoisotopic (exact) mass is 265 g/mol. The molecule has 18 heavy (non-hydrogen) atoms. The lowest BCUT2D eigenvalue weighted by Gasteiger charge is -1.95. The third kappa shape index (κ3) is 2.83. The van der Waals surface area contributed by atoms with Gasteiger partial charge in [0.1, 0.15) is 0 Å². The van der Waals surface area contributed by atoms with Crippen LogP contribution in [0.4, 0.5) is 5.82 Å². The highest BCUT2D eigenvalue weighted by molar-refractivity contribution is 6.30. The summed E-state index contributed by atoms with van der Waals surface area (Å²) in [4.78, 5) is 11.5. The van der Waals surface area contributed by atoms with Gasteiger partial charge in [0.25, 0.3) is 5.91 Å². The van der Waals surface area contributed by atoms with Gasteiger partial charge in [0.2, 0.25) is 11.5 Å². The number of nitrogens with zero attached hydrogens (tertiary/aromatic N) is 3. The van der Waals surface area contributed by atoms with E-state index in [-0.39, 0.29) is 11.5 Å². The summed E-state index contributed by atoms with van der Waals surface area (Å²) in [5, 5.41) is 11.0. The molecule has 0 aliphatic carbocycles. The van der Waals surface area contributed by atoms with E-state index in [0.717, 1.165) is 5.56 Å². The van der Waals surface area contributed by atoms with E-state index in [0.29, 0.717) is 5.02 Å². The smallest absolute Gasteiger partial charge is 0.297 e. The largest absolute Gasteiger partial charge is 0.379 e. The van der Waals surface area contributed by atoms with Gasteiger partial charge in [-0.1, -0.05) is 23.7 Å². The van der Waals surface area contributed by atoms with Crippen LogP contribution in [0.3, 0.4) is 0 Å². The number of anilines is 1. The summed E-state index contributed by atoms with van der Waals surface area (Å²) in [6.45, 7) is 0. The lowest BCUT2D eigenvalue weighted by Crippen LogP contribution is -2.19. The average Bonchev–Trinajstić information content (AvgIpc) is 2.78. The van der Waals surface area contributed by atoms with E-state index in [9.17, 15) is 4.79 Å². The highest BCUT2D eigenvalue weighted by Gasteiger charge is 2.14. The Morgan fingerprint density at radius 2 is 2.11 bits per heavy atom. The zero-order chi connectivity index (χ0) is 13.0. The van der Waals surface area contributed by atoms with Crippen molar-refractivity contribution in [3.63, 3.8) is 0 Å². The number of nitrogens with two attached hydrogens (primary N) is 1. The second-order valence-corrected chi connectivity index (χ2v) is 3.69. The molecule has 8 heteroatoms. The van der Waals surface area contributed by atoms with E-state index in [1.807, 2.05) is 0 Å². The highest BCUT2D eigenvalue weighted by atomic mass is 35.5. The molecule has 1 aromatic carbocycles. The molecular weight excluding hydrogens is 258 g/mol. The number of nitrogen functional groups attached to an aromatic ring is 1. The molecule has 0 radical (unpaired) electrons. The first-order valence-electron chi connectivity index (χ1n) is 4.84. The van der Waals surface area contributed by atoms with Crippen LogP contribution in [0.15, 0.2) is 34.0 Å². The van der Waals surface area contributed by atoms with Gasteiger partial charge in [0, 0.05) is 5.02 Å². The van der Waals surface area contributed by atoms with Crippen LogP contribution in [0.5, 0.6) is 0 Å². The van der Waals surface area contributed by atoms with Crippen molar-refractivity contribution >= 4 is 29.5 Å². The van der Waals surface area contributed by atoms with Crippen molar-refractivity contribution in [2.45, 2.75) is 0 Å². The Kier molecular flexibility index (Phi) is 3.54. The molecule has 0 spiro atoms. The Balaban J connectivity index is 1.98. The maximum Gasteiger partial charge on any atom is 0.297 e. The summed E-state index contributed by atoms with van der Waals surface area (Å²) >= 11 is 5.73. The molecular formula is C10H8ClN5O2. The van der Waals surface area contributed by atoms with Crippen LogP contribution < -0.4 is 11.2 Å². The minimum absolute atomic E-state index is 0.0887. The van der Waals surface area contributed by atoms with E-state index in [4.69, 9.17) is 17.3 Å². The maximum atomic E-state index is 11.5. The average molecular weight is 266 g/mol. The molecule has 7 nitrogen and oxygen atoms in total. The van der Waals surface area contributed by atoms with Crippen LogP contribution in [0.2, 0.25) is 5.02 Å². The van der Waals surface area contributed by atoms with E-state index in [1.54, 1.807) is 24.3 Å². The van der Waals surface area contributed by atoms with E-state index in [1.165, 1.54) is 6.21 Å². The third-order valence-corrected chi connectivity index (χ3v) is 2.23. The van der Waals surface area contributed by atoms with Gasteiger partial charge in [-0.25, -0.2) is 10.1 Å². The highest BCUT2D eigenvalue weighted by Crippen LogP contribution is 2.07. The second kappa shape index (κ2) is 5.28. The minimum atomic E-state index is -0.598. The van der Waals surface area contributed by atoms with Gasteiger partial charge >= 0.3 is 0 Å². The van der Waals surface area contributed by atoms with Crippen LogP contribution in [-0.4, -0.2) is 22.4 Å². The predicted molar refractivity (Wildman–Crippen MR) is 65.2 cm³/mol. The normalized spacial score (nSPS) is 10.7. The number of halogens is 1. The number of amides is 1. The molecule has 0 aliphatic rings. The number of hydrazone groups is 1. The van der Waals surface area contributed by atoms with Gasteiger partial charge in [-0.2, -0.15) is 5.10 Å².